The van der Waals surface area contributed by atoms with Gasteiger partial charge in [0.2, 0.25) is 11.8 Å². The maximum absolute atomic E-state index is 5.56. The van der Waals surface area contributed by atoms with E-state index in [1.807, 2.05) is 54.6 Å². The molecule has 136 valence electrons. The summed E-state index contributed by atoms with van der Waals surface area (Å²) in [6, 6.07) is 21.1. The van der Waals surface area contributed by atoms with Crippen molar-refractivity contribution in [2.45, 2.75) is 6.42 Å². The van der Waals surface area contributed by atoms with Crippen molar-refractivity contribution in [1.82, 2.24) is 20.4 Å². The zero-order valence-electron chi connectivity index (χ0n) is 14.0. The van der Waals surface area contributed by atoms with Crippen molar-refractivity contribution in [3.05, 3.63) is 84.8 Å². The van der Waals surface area contributed by atoms with Crippen LogP contribution >= 0.6 is 0 Å². The molecule has 27 heavy (non-hydrogen) atoms. The van der Waals surface area contributed by atoms with Gasteiger partial charge in [0.1, 0.15) is 6.42 Å². The minimum absolute atomic E-state index is 0. The monoisotopic (exact) mass is 402 g/mol. The van der Waals surface area contributed by atoms with Crippen LogP contribution in [0.1, 0.15) is 11.8 Å². The Hall–Kier alpha value is -3.22. The van der Waals surface area contributed by atoms with Crippen LogP contribution in [0.25, 0.3) is 23.1 Å². The number of hydrogen-bond donors (Lipinski definition) is 0. The van der Waals surface area contributed by atoms with Gasteiger partial charge in [0.15, 0.2) is 11.7 Å². The molecule has 3 aromatic heterocycles. The van der Waals surface area contributed by atoms with Gasteiger partial charge in [-0.25, -0.2) is 24.3 Å². The fourth-order valence-corrected chi connectivity index (χ4v) is 2.23. The number of furan rings is 1. The van der Waals surface area contributed by atoms with Gasteiger partial charge in [-0.1, -0.05) is 5.56 Å². The van der Waals surface area contributed by atoms with E-state index in [4.69, 9.17) is 13.3 Å². The van der Waals surface area contributed by atoms with Crippen molar-refractivity contribution < 1.29 is 30.3 Å². The van der Waals surface area contributed by atoms with Crippen LogP contribution in [0.2, 0.25) is 0 Å². The van der Waals surface area contributed by atoms with Crippen molar-refractivity contribution in [3.63, 3.8) is 0 Å². The minimum Gasteiger partial charge on any atom is -0.459 e. The second-order valence-corrected chi connectivity index (χ2v) is 5.29. The molecule has 2 aromatic carbocycles. The van der Waals surface area contributed by atoms with Gasteiger partial charge in [0.05, 0.1) is 6.26 Å². The Balaban J connectivity index is 0.000000306. The van der Waals surface area contributed by atoms with Crippen LogP contribution in [-0.4, -0.2) is 20.4 Å². The van der Waals surface area contributed by atoms with Crippen LogP contribution in [0.15, 0.2) is 86.2 Å². The summed E-state index contributed by atoms with van der Waals surface area (Å²) in [6.07, 6.45) is 1.82. The van der Waals surface area contributed by atoms with Crippen molar-refractivity contribution in [3.8, 4) is 23.1 Å². The zero-order chi connectivity index (χ0) is 17.6. The largest absolute Gasteiger partial charge is 2.00 e. The Bertz CT molecular complexity index is 928. The van der Waals surface area contributed by atoms with Crippen LogP contribution in [0.5, 0.6) is 0 Å². The second-order valence-electron chi connectivity index (χ2n) is 5.29. The Labute approximate surface area is 165 Å². The quantitative estimate of drug-likeness (QED) is 0.330. The number of rotatable bonds is 4. The standard InChI is InChI=1S/C14H9N4O3.C5H5.Fe/c1-2-5-9(4-1)13-17-15-11(20-13)8-12-16-18-14(21-12)10-6-3-7-19-10;1-2-4-5-3-1;/h1-7H,8H2;1-5H;/q2*-1;+2. The van der Waals surface area contributed by atoms with Gasteiger partial charge in [-0.3, -0.25) is 0 Å². The molecule has 0 saturated heterocycles. The summed E-state index contributed by atoms with van der Waals surface area (Å²) in [6.45, 7) is 0. The van der Waals surface area contributed by atoms with Crippen molar-refractivity contribution in [2.24, 2.45) is 0 Å². The molecule has 0 atom stereocenters. The van der Waals surface area contributed by atoms with Gasteiger partial charge in [0.25, 0.3) is 5.89 Å². The Morgan fingerprint density at radius 3 is 2.26 bits per heavy atom. The molecule has 7 nitrogen and oxygen atoms in total. The second kappa shape index (κ2) is 8.93. The van der Waals surface area contributed by atoms with Crippen LogP contribution in [0, 0.1) is 0 Å². The van der Waals surface area contributed by atoms with Gasteiger partial charge in [-0.15, -0.1) is 20.4 Å². The molecule has 0 aliphatic carbocycles. The molecule has 5 rings (SSSR count). The van der Waals surface area contributed by atoms with E-state index in [-0.39, 0.29) is 23.5 Å². The molecule has 0 bridgehead atoms. The number of hydrogen-bond acceptors (Lipinski definition) is 7. The predicted molar refractivity (Wildman–Crippen MR) is 92.2 cm³/mol. The third kappa shape index (κ3) is 4.69. The third-order valence-electron chi connectivity index (χ3n) is 3.43. The SMILES string of the molecule is [Fe+2].c1cc[cH-]c1.c1coc(-c2nnc(Cc3nnc(-[c-]4cccc4)o3)o2)c1. The van der Waals surface area contributed by atoms with Crippen LogP contribution in [0.4, 0.5) is 0 Å². The summed E-state index contributed by atoms with van der Waals surface area (Å²) < 4.78 is 16.2. The molecule has 0 fully saturated rings. The average Bonchev–Trinajstić information content (AvgIpc) is 3.50. The molecule has 0 aliphatic rings. The Morgan fingerprint density at radius 2 is 1.59 bits per heavy atom. The molecule has 3 heterocycles. The first kappa shape index (κ1) is 18.6. The third-order valence-corrected chi connectivity index (χ3v) is 3.43. The fourth-order valence-electron chi connectivity index (χ4n) is 2.23. The topological polar surface area (TPSA) is 91.0 Å². The average molecular weight is 402 g/mol. The molecule has 0 unspecified atom stereocenters. The molecule has 0 radical (unpaired) electrons. The summed E-state index contributed by atoms with van der Waals surface area (Å²) in [5.74, 6) is 2.13. The van der Waals surface area contributed by atoms with E-state index in [0.29, 0.717) is 29.3 Å². The Kier molecular flexibility index (Phi) is 6.14. The zero-order valence-corrected chi connectivity index (χ0v) is 15.1. The van der Waals surface area contributed by atoms with Crippen LogP contribution < -0.4 is 0 Å². The van der Waals surface area contributed by atoms with Gasteiger partial charge < -0.3 is 13.3 Å². The van der Waals surface area contributed by atoms with Crippen molar-refractivity contribution in [2.75, 3.05) is 0 Å². The summed E-state index contributed by atoms with van der Waals surface area (Å²) in [7, 11) is 0. The summed E-state index contributed by atoms with van der Waals surface area (Å²) in [4.78, 5) is 0. The normalized spacial score (nSPS) is 10.1. The fraction of sp³-hybridized carbons (Fsp3) is 0.0526. The summed E-state index contributed by atoms with van der Waals surface area (Å²) in [5.41, 5.74) is 0.885. The van der Waals surface area contributed by atoms with Gasteiger partial charge in [0, 0.05) is 0 Å². The van der Waals surface area contributed by atoms with Crippen molar-refractivity contribution in [1.29, 1.82) is 0 Å². The number of aromatic nitrogens is 4. The van der Waals surface area contributed by atoms with Crippen LogP contribution in [-0.2, 0) is 23.5 Å². The summed E-state index contributed by atoms with van der Waals surface area (Å²) in [5, 5.41) is 15.8. The molecular weight excluding hydrogens is 388 g/mol. The minimum atomic E-state index is 0. The van der Waals surface area contributed by atoms with E-state index in [1.165, 1.54) is 0 Å². The molecular formula is C19H14FeN4O3. The maximum Gasteiger partial charge on any atom is 2.00 e. The first-order valence-electron chi connectivity index (χ1n) is 7.96. The predicted octanol–water partition coefficient (Wildman–Crippen LogP) is 4.09. The van der Waals surface area contributed by atoms with E-state index < -0.39 is 0 Å². The molecule has 5 aromatic rings. The Morgan fingerprint density at radius 1 is 0.852 bits per heavy atom. The van der Waals surface area contributed by atoms with E-state index in [0.717, 1.165) is 5.56 Å². The molecule has 0 aliphatic heterocycles. The van der Waals surface area contributed by atoms with Gasteiger partial charge >= 0.3 is 17.1 Å². The van der Waals surface area contributed by atoms with E-state index >= 15 is 0 Å². The van der Waals surface area contributed by atoms with E-state index in [2.05, 4.69) is 20.4 Å². The number of nitrogens with zero attached hydrogens (tertiary/aromatic N) is 4. The first-order valence-corrected chi connectivity index (χ1v) is 7.96. The van der Waals surface area contributed by atoms with E-state index in [1.54, 1.807) is 18.4 Å². The van der Waals surface area contributed by atoms with Gasteiger partial charge in [-0.05, 0) is 12.1 Å². The molecule has 0 spiro atoms. The van der Waals surface area contributed by atoms with Gasteiger partial charge in [-0.2, -0.15) is 30.3 Å². The maximum atomic E-state index is 5.56. The van der Waals surface area contributed by atoms with E-state index in [9.17, 15) is 0 Å². The first-order chi connectivity index (χ1) is 12.9. The smallest absolute Gasteiger partial charge is 0.459 e. The van der Waals surface area contributed by atoms with Crippen molar-refractivity contribution >= 4 is 0 Å². The summed E-state index contributed by atoms with van der Waals surface area (Å²) >= 11 is 0. The molecule has 0 saturated carbocycles. The molecule has 0 N–H and O–H groups in total. The molecule has 8 heteroatoms. The van der Waals surface area contributed by atoms with Crippen LogP contribution in [0.3, 0.4) is 0 Å². The molecule has 0 amide bonds.